The molecule has 7 heteroatoms. The summed E-state index contributed by atoms with van der Waals surface area (Å²) in [6, 6.07) is 1.37. The van der Waals surface area contributed by atoms with Crippen LogP contribution < -0.4 is 0 Å². The van der Waals surface area contributed by atoms with Crippen molar-refractivity contribution in [2.24, 2.45) is 0 Å². The number of nitriles is 1. The molecule has 0 aliphatic rings. The van der Waals surface area contributed by atoms with Crippen LogP contribution in [0.5, 0.6) is 0 Å². The van der Waals surface area contributed by atoms with Gasteiger partial charge in [-0.25, -0.2) is 22.4 Å². The van der Waals surface area contributed by atoms with Gasteiger partial charge in [-0.3, -0.25) is 0 Å². The number of hydrogen-bond donors (Lipinski definition) is 1. The molecule has 0 aliphatic carbocycles. The van der Waals surface area contributed by atoms with E-state index in [4.69, 9.17) is 10.4 Å². The molecule has 0 atom stereocenters. The van der Waals surface area contributed by atoms with Crippen LogP contribution in [0.4, 0.5) is 17.6 Å². The second kappa shape index (κ2) is 4.65. The molecule has 3 nitrogen and oxygen atoms in total. The Kier molecular flexibility index (Phi) is 3.48. The predicted octanol–water partition coefficient (Wildman–Crippen LogP) is 2.48. The molecule has 1 N–H and O–H groups in total. The number of nitrogens with zero attached hydrogens (tertiary/aromatic N) is 1. The topological polar surface area (TPSA) is 61.1 Å². The number of carboxylic acids is 1. The lowest BCUT2D eigenvalue weighted by atomic mass is 10.1. The molecular formula is C10H3F4NO2. The molecule has 0 unspecified atom stereocenters. The van der Waals surface area contributed by atoms with Gasteiger partial charge >= 0.3 is 5.97 Å². The van der Waals surface area contributed by atoms with Crippen LogP contribution in [0, 0.1) is 34.6 Å². The normalized spacial score (nSPS) is 10.5. The van der Waals surface area contributed by atoms with E-state index in [1.807, 2.05) is 0 Å². The van der Waals surface area contributed by atoms with Crippen LogP contribution in [0.15, 0.2) is 6.08 Å². The number of halogens is 4. The molecule has 0 heterocycles. The summed E-state index contributed by atoms with van der Waals surface area (Å²) < 4.78 is 52.6. The smallest absolute Gasteiger partial charge is 0.341 e. The third-order valence-corrected chi connectivity index (χ3v) is 1.84. The maximum atomic E-state index is 13.2. The Hall–Kier alpha value is -2.36. The number of carbonyl (C=O) groups is 1. The van der Waals surface area contributed by atoms with Crippen LogP contribution in [0.2, 0.25) is 0 Å². The van der Waals surface area contributed by atoms with Gasteiger partial charge in [0, 0.05) is 6.08 Å². The first-order valence-corrected chi connectivity index (χ1v) is 4.07. The standard InChI is InChI=1S/C10H3F4NO2/c11-6-4(2-1-3-15)7(12)9(14)5(8(6)13)10(16)17/h1-2H,(H,16,17). The van der Waals surface area contributed by atoms with E-state index >= 15 is 0 Å². The highest BCUT2D eigenvalue weighted by atomic mass is 19.2. The third kappa shape index (κ3) is 2.10. The van der Waals surface area contributed by atoms with Crippen molar-refractivity contribution in [3.8, 4) is 6.07 Å². The molecule has 1 aromatic carbocycles. The summed E-state index contributed by atoms with van der Waals surface area (Å²) in [6.45, 7) is 0. The second-order valence-electron chi connectivity index (χ2n) is 2.81. The Labute approximate surface area is 92.2 Å². The van der Waals surface area contributed by atoms with Crippen LogP contribution in [-0.4, -0.2) is 11.1 Å². The molecule has 0 saturated carbocycles. The van der Waals surface area contributed by atoms with Crippen LogP contribution in [-0.2, 0) is 0 Å². The third-order valence-electron chi connectivity index (χ3n) is 1.84. The van der Waals surface area contributed by atoms with E-state index < -0.39 is 40.4 Å². The van der Waals surface area contributed by atoms with Crippen molar-refractivity contribution >= 4 is 12.0 Å². The van der Waals surface area contributed by atoms with E-state index in [1.54, 1.807) is 0 Å². The summed E-state index contributed by atoms with van der Waals surface area (Å²) in [4.78, 5) is 10.4. The Balaban J connectivity index is 3.65. The second-order valence-corrected chi connectivity index (χ2v) is 2.81. The Morgan fingerprint density at radius 1 is 1.12 bits per heavy atom. The highest BCUT2D eigenvalue weighted by Crippen LogP contribution is 2.25. The van der Waals surface area contributed by atoms with Crippen molar-refractivity contribution in [3.05, 3.63) is 40.5 Å². The quantitative estimate of drug-likeness (QED) is 0.494. The van der Waals surface area contributed by atoms with E-state index in [0.29, 0.717) is 12.2 Å². The lowest BCUT2D eigenvalue weighted by Crippen LogP contribution is -2.11. The van der Waals surface area contributed by atoms with Crippen molar-refractivity contribution < 1.29 is 27.5 Å². The summed E-state index contributed by atoms with van der Waals surface area (Å²) in [5.74, 6) is -9.91. The van der Waals surface area contributed by atoms with Crippen LogP contribution >= 0.6 is 0 Å². The van der Waals surface area contributed by atoms with Crippen LogP contribution in [0.3, 0.4) is 0 Å². The van der Waals surface area contributed by atoms with Gasteiger partial charge in [0.25, 0.3) is 0 Å². The molecule has 0 spiro atoms. The molecule has 0 bridgehead atoms. The average molecular weight is 245 g/mol. The average Bonchev–Trinajstić information content (AvgIpc) is 2.26. The zero-order valence-corrected chi connectivity index (χ0v) is 7.97. The number of hydrogen-bond acceptors (Lipinski definition) is 2. The highest BCUT2D eigenvalue weighted by molar-refractivity contribution is 5.88. The number of aromatic carboxylic acids is 1. The van der Waals surface area contributed by atoms with Crippen molar-refractivity contribution in [2.45, 2.75) is 0 Å². The Morgan fingerprint density at radius 2 is 1.59 bits per heavy atom. The maximum absolute atomic E-state index is 13.2. The number of rotatable bonds is 2. The van der Waals surface area contributed by atoms with Gasteiger partial charge in [-0.1, -0.05) is 0 Å². The zero-order valence-electron chi connectivity index (χ0n) is 7.97. The van der Waals surface area contributed by atoms with Gasteiger partial charge in [-0.2, -0.15) is 5.26 Å². The van der Waals surface area contributed by atoms with E-state index in [-0.39, 0.29) is 0 Å². The highest BCUT2D eigenvalue weighted by Gasteiger charge is 2.27. The van der Waals surface area contributed by atoms with Gasteiger partial charge in [0.2, 0.25) is 0 Å². The fourth-order valence-corrected chi connectivity index (χ4v) is 1.10. The fraction of sp³-hybridized carbons (Fsp3) is 0. The molecule has 0 aliphatic heterocycles. The van der Waals surface area contributed by atoms with Crippen molar-refractivity contribution in [2.75, 3.05) is 0 Å². The molecule has 17 heavy (non-hydrogen) atoms. The molecule has 88 valence electrons. The summed E-state index contributed by atoms with van der Waals surface area (Å²) in [5.41, 5.74) is -2.86. The molecule has 0 radical (unpaired) electrons. The number of benzene rings is 1. The molecule has 0 saturated heterocycles. The summed E-state index contributed by atoms with van der Waals surface area (Å²) >= 11 is 0. The largest absolute Gasteiger partial charge is 0.477 e. The van der Waals surface area contributed by atoms with Gasteiger partial charge in [0.15, 0.2) is 23.3 Å². The van der Waals surface area contributed by atoms with Crippen LogP contribution in [0.25, 0.3) is 6.08 Å². The molecule has 1 aromatic rings. The van der Waals surface area contributed by atoms with Crippen molar-refractivity contribution in [3.63, 3.8) is 0 Å². The molecule has 0 fully saturated rings. The minimum atomic E-state index is -2.13. The van der Waals surface area contributed by atoms with Crippen LogP contribution in [0.1, 0.15) is 15.9 Å². The Bertz CT molecular complexity index is 531. The van der Waals surface area contributed by atoms with E-state index in [2.05, 4.69) is 0 Å². The lowest BCUT2D eigenvalue weighted by Gasteiger charge is -2.06. The maximum Gasteiger partial charge on any atom is 0.341 e. The van der Waals surface area contributed by atoms with Crippen molar-refractivity contribution in [1.82, 2.24) is 0 Å². The van der Waals surface area contributed by atoms with Crippen molar-refractivity contribution in [1.29, 1.82) is 5.26 Å². The van der Waals surface area contributed by atoms with Gasteiger partial charge in [-0.15, -0.1) is 0 Å². The number of carboxylic acid groups (broad SMARTS) is 1. The number of allylic oxidation sites excluding steroid dienone is 1. The summed E-state index contributed by atoms with van der Waals surface area (Å²) in [6.07, 6.45) is 1.10. The first-order chi connectivity index (χ1) is 7.91. The lowest BCUT2D eigenvalue weighted by molar-refractivity contribution is 0.0683. The SMILES string of the molecule is N#CC=Cc1c(F)c(F)c(C(=O)O)c(F)c1F. The first kappa shape index (κ1) is 12.7. The fourth-order valence-electron chi connectivity index (χ4n) is 1.10. The minimum Gasteiger partial charge on any atom is -0.477 e. The van der Waals surface area contributed by atoms with Gasteiger partial charge < -0.3 is 5.11 Å². The minimum absolute atomic E-state index is 0.502. The van der Waals surface area contributed by atoms with Gasteiger partial charge in [0.1, 0.15) is 5.56 Å². The summed E-state index contributed by atoms with van der Waals surface area (Å²) in [7, 11) is 0. The van der Waals surface area contributed by atoms with E-state index in [9.17, 15) is 22.4 Å². The molecule has 0 aromatic heterocycles. The molecular weight excluding hydrogens is 242 g/mol. The zero-order chi connectivity index (χ0) is 13.2. The molecule has 0 amide bonds. The van der Waals surface area contributed by atoms with E-state index in [0.717, 1.165) is 0 Å². The van der Waals surface area contributed by atoms with Gasteiger partial charge in [0.05, 0.1) is 11.6 Å². The van der Waals surface area contributed by atoms with E-state index in [1.165, 1.54) is 6.07 Å². The monoisotopic (exact) mass is 245 g/mol. The first-order valence-electron chi connectivity index (χ1n) is 4.07. The predicted molar refractivity (Wildman–Crippen MR) is 47.9 cm³/mol. The Morgan fingerprint density at radius 3 is 1.94 bits per heavy atom. The summed E-state index contributed by atoms with van der Waals surface area (Å²) in [5, 5.41) is 16.5. The van der Waals surface area contributed by atoms with Gasteiger partial charge in [-0.05, 0) is 6.08 Å². The molecule has 1 rings (SSSR count).